The Morgan fingerprint density at radius 2 is 1.70 bits per heavy atom. The van der Waals surface area contributed by atoms with Gasteiger partial charge in [-0.1, -0.05) is 42.5 Å². The molecule has 0 aromatic heterocycles. The highest BCUT2D eigenvalue weighted by molar-refractivity contribution is 6.02. The monoisotopic (exact) mass is 275 g/mol. The summed E-state index contributed by atoms with van der Waals surface area (Å²) in [6, 6.07) is 12.5. The van der Waals surface area contributed by atoms with E-state index in [-0.39, 0.29) is 12.2 Å². The van der Waals surface area contributed by atoms with E-state index in [1.165, 1.54) is 0 Å². The topological polar surface area (TPSA) is 60.4 Å². The minimum absolute atomic E-state index is 0.248. The number of hydrogen-bond donors (Lipinski definition) is 1. The maximum Gasteiger partial charge on any atom is 0.101 e. The van der Waals surface area contributed by atoms with E-state index in [4.69, 9.17) is 5.11 Å². The number of carbonyl (C=O) groups excluding carboxylic acids is 1. The number of aliphatic hydroxyl groups excluding tert-OH is 1. The van der Waals surface area contributed by atoms with Gasteiger partial charge in [0.2, 0.25) is 0 Å². The van der Waals surface area contributed by atoms with Crippen LogP contribution in [0.1, 0.15) is 10.4 Å². The summed E-state index contributed by atoms with van der Waals surface area (Å²) < 4.78 is 0.844. The second kappa shape index (κ2) is 7.03. The molecule has 20 heavy (non-hydrogen) atoms. The number of rotatable bonds is 3. The Hall–Kier alpha value is -1.91. The molecular formula is C16H21NO3. The third kappa shape index (κ3) is 4.99. The van der Waals surface area contributed by atoms with Crippen molar-refractivity contribution in [3.63, 3.8) is 0 Å². The Bertz CT molecular complexity index is 568. The third-order valence-electron chi connectivity index (χ3n) is 2.78. The molecule has 0 unspecified atom stereocenters. The molecule has 2 aromatic rings. The number of likely N-dealkylation sites (N-methyl/N-ethyl adjacent to an activating group) is 1. The minimum atomic E-state index is -1.13. The lowest BCUT2D eigenvalue weighted by molar-refractivity contribution is -0.870. The molecule has 0 spiro atoms. The van der Waals surface area contributed by atoms with Gasteiger partial charge in [0, 0.05) is 5.56 Å². The number of aromatic carboxylic acids is 1. The van der Waals surface area contributed by atoms with Crippen LogP contribution in [-0.4, -0.2) is 49.9 Å². The lowest BCUT2D eigenvalue weighted by Gasteiger charge is -2.21. The van der Waals surface area contributed by atoms with Crippen molar-refractivity contribution in [2.24, 2.45) is 0 Å². The number of aliphatic hydroxyl groups is 1. The van der Waals surface area contributed by atoms with E-state index < -0.39 is 5.97 Å². The minimum Gasteiger partial charge on any atom is -0.545 e. The Kier molecular flexibility index (Phi) is 5.67. The molecule has 2 aromatic carbocycles. The molecule has 108 valence electrons. The molecule has 1 N–H and O–H groups in total. The summed E-state index contributed by atoms with van der Waals surface area (Å²) in [4.78, 5) is 10.7. The van der Waals surface area contributed by atoms with Gasteiger partial charge >= 0.3 is 0 Å². The summed E-state index contributed by atoms with van der Waals surface area (Å²) in [7, 11) is 6.16. The molecule has 0 heterocycles. The van der Waals surface area contributed by atoms with Crippen LogP contribution in [-0.2, 0) is 0 Å². The fourth-order valence-corrected chi connectivity index (χ4v) is 1.70. The Morgan fingerprint density at radius 1 is 1.10 bits per heavy atom. The first-order valence-corrected chi connectivity index (χ1v) is 6.45. The molecule has 0 fully saturated rings. The largest absolute Gasteiger partial charge is 0.545 e. The van der Waals surface area contributed by atoms with Crippen molar-refractivity contribution in [2.75, 3.05) is 34.3 Å². The fraction of sp³-hybridized carbons (Fsp3) is 0.312. The van der Waals surface area contributed by atoms with Crippen LogP contribution in [0.2, 0.25) is 0 Å². The smallest absolute Gasteiger partial charge is 0.101 e. The molecule has 0 bridgehead atoms. The number of benzene rings is 2. The number of carbonyl (C=O) groups is 1. The summed E-state index contributed by atoms with van der Waals surface area (Å²) in [6.07, 6.45) is 0. The first-order valence-electron chi connectivity index (χ1n) is 6.45. The SMILES string of the molecule is C[N+](C)(C)CCO.O=C([O-])c1cccc2ccccc12. The number of carboxylic acids is 1. The summed E-state index contributed by atoms with van der Waals surface area (Å²) in [5, 5.41) is 20.7. The van der Waals surface area contributed by atoms with E-state index in [0.29, 0.717) is 0 Å². The van der Waals surface area contributed by atoms with E-state index in [1.54, 1.807) is 18.2 Å². The zero-order valence-electron chi connectivity index (χ0n) is 12.2. The highest BCUT2D eigenvalue weighted by Crippen LogP contribution is 2.17. The van der Waals surface area contributed by atoms with E-state index in [1.807, 2.05) is 24.3 Å². The molecule has 0 saturated heterocycles. The lowest BCUT2D eigenvalue weighted by atomic mass is 10.1. The molecule has 0 aliphatic heterocycles. The van der Waals surface area contributed by atoms with Gasteiger partial charge in [-0.3, -0.25) is 0 Å². The van der Waals surface area contributed by atoms with Gasteiger partial charge in [0.1, 0.15) is 6.54 Å². The highest BCUT2D eigenvalue weighted by Gasteiger charge is 2.02. The summed E-state index contributed by atoms with van der Waals surface area (Å²) in [5.41, 5.74) is 0.248. The van der Waals surface area contributed by atoms with E-state index in [0.717, 1.165) is 21.8 Å². The summed E-state index contributed by atoms with van der Waals surface area (Å²) >= 11 is 0. The number of nitrogens with zero attached hydrogens (tertiary/aromatic N) is 1. The van der Waals surface area contributed by atoms with Crippen molar-refractivity contribution in [3.05, 3.63) is 48.0 Å². The van der Waals surface area contributed by atoms with Crippen LogP contribution in [0.15, 0.2) is 42.5 Å². The van der Waals surface area contributed by atoms with Gasteiger partial charge in [-0.2, -0.15) is 0 Å². The molecule has 0 aliphatic carbocycles. The van der Waals surface area contributed by atoms with Crippen molar-refractivity contribution in [1.82, 2.24) is 0 Å². The quantitative estimate of drug-likeness (QED) is 0.846. The maximum absolute atomic E-state index is 10.7. The zero-order chi connectivity index (χ0) is 15.2. The molecule has 4 nitrogen and oxygen atoms in total. The average Bonchev–Trinajstić information content (AvgIpc) is 2.37. The van der Waals surface area contributed by atoms with Crippen LogP contribution in [0, 0.1) is 0 Å². The molecule has 0 atom stereocenters. The molecule has 0 saturated carbocycles. The number of carboxylic acid groups (broad SMARTS) is 1. The van der Waals surface area contributed by atoms with Crippen LogP contribution in [0.3, 0.4) is 0 Å². The zero-order valence-corrected chi connectivity index (χ0v) is 12.2. The van der Waals surface area contributed by atoms with Crippen molar-refractivity contribution in [2.45, 2.75) is 0 Å². The van der Waals surface area contributed by atoms with E-state index in [2.05, 4.69) is 21.1 Å². The average molecular weight is 275 g/mol. The van der Waals surface area contributed by atoms with Gasteiger partial charge in [0.05, 0.1) is 33.7 Å². The maximum atomic E-state index is 10.7. The Labute approximate surface area is 119 Å². The van der Waals surface area contributed by atoms with Crippen LogP contribution in [0.25, 0.3) is 10.8 Å². The van der Waals surface area contributed by atoms with Gasteiger partial charge in [-0.15, -0.1) is 0 Å². The van der Waals surface area contributed by atoms with Gasteiger partial charge < -0.3 is 19.5 Å². The Morgan fingerprint density at radius 3 is 2.20 bits per heavy atom. The molecule has 4 heteroatoms. The molecule has 2 rings (SSSR count). The molecular weight excluding hydrogens is 254 g/mol. The van der Waals surface area contributed by atoms with Gasteiger partial charge in [-0.05, 0) is 10.8 Å². The Balaban J connectivity index is 0.000000246. The fourth-order valence-electron chi connectivity index (χ4n) is 1.70. The van der Waals surface area contributed by atoms with Crippen molar-refractivity contribution in [3.8, 4) is 0 Å². The number of hydrogen-bond acceptors (Lipinski definition) is 3. The van der Waals surface area contributed by atoms with Crippen LogP contribution in [0.5, 0.6) is 0 Å². The first-order chi connectivity index (χ1) is 9.35. The predicted octanol–water partition coefficient (Wildman–Crippen LogP) is 0.888. The normalized spacial score (nSPS) is 10.8. The van der Waals surface area contributed by atoms with Crippen molar-refractivity contribution < 1.29 is 19.5 Å². The van der Waals surface area contributed by atoms with Gasteiger partial charge in [-0.25, -0.2) is 0 Å². The summed E-state index contributed by atoms with van der Waals surface area (Å²) in [5.74, 6) is -1.13. The molecule has 0 radical (unpaired) electrons. The van der Waals surface area contributed by atoms with Gasteiger partial charge in [0.25, 0.3) is 0 Å². The van der Waals surface area contributed by atoms with E-state index in [9.17, 15) is 9.90 Å². The molecule has 0 aliphatic rings. The van der Waals surface area contributed by atoms with Crippen LogP contribution in [0.4, 0.5) is 0 Å². The lowest BCUT2D eigenvalue weighted by Crippen LogP contribution is -2.36. The number of quaternary nitrogens is 1. The highest BCUT2D eigenvalue weighted by atomic mass is 16.4. The van der Waals surface area contributed by atoms with Gasteiger partial charge in [0.15, 0.2) is 0 Å². The second-order valence-electron chi connectivity index (χ2n) is 5.55. The van der Waals surface area contributed by atoms with Crippen LogP contribution >= 0.6 is 0 Å². The third-order valence-corrected chi connectivity index (χ3v) is 2.78. The second-order valence-corrected chi connectivity index (χ2v) is 5.55. The van der Waals surface area contributed by atoms with Crippen molar-refractivity contribution >= 4 is 16.7 Å². The number of fused-ring (bicyclic) bond motifs is 1. The standard InChI is InChI=1S/C11H8O2.C5H14NO/c12-11(13)10-7-3-5-8-4-1-2-6-9(8)10;1-6(2,3)4-5-7/h1-7H,(H,12,13);7H,4-5H2,1-3H3/q;+1/p-1. The van der Waals surface area contributed by atoms with Crippen LogP contribution < -0.4 is 5.11 Å². The summed E-state index contributed by atoms with van der Waals surface area (Å²) in [6.45, 7) is 1.11. The molecule has 0 amide bonds. The van der Waals surface area contributed by atoms with Crippen molar-refractivity contribution in [1.29, 1.82) is 0 Å². The first kappa shape index (κ1) is 16.1. The predicted molar refractivity (Wildman–Crippen MR) is 78.3 cm³/mol. The van der Waals surface area contributed by atoms with E-state index >= 15 is 0 Å².